The zero-order chi connectivity index (χ0) is 17.0. The molecule has 6 aliphatic rings. The van der Waals surface area contributed by atoms with Crippen molar-refractivity contribution in [1.82, 2.24) is 0 Å². The Morgan fingerprint density at radius 1 is 1.20 bits per heavy atom. The molecule has 0 unspecified atom stereocenters. The van der Waals surface area contributed by atoms with E-state index in [4.69, 9.17) is 4.74 Å². The minimum atomic E-state index is -0.338. The van der Waals surface area contributed by atoms with Gasteiger partial charge in [-0.1, -0.05) is 24.6 Å². The van der Waals surface area contributed by atoms with E-state index in [9.17, 15) is 9.59 Å². The van der Waals surface area contributed by atoms with E-state index in [-0.39, 0.29) is 17.0 Å². The number of allylic oxidation sites excluding steroid dienone is 4. The van der Waals surface area contributed by atoms with Crippen LogP contribution in [0.25, 0.3) is 0 Å². The van der Waals surface area contributed by atoms with E-state index in [0.717, 1.165) is 19.3 Å². The molecule has 0 bridgehead atoms. The second-order valence-electron chi connectivity index (χ2n) is 9.34. The maximum absolute atomic E-state index is 11.9. The molecule has 7 atom stereocenters. The zero-order valence-corrected chi connectivity index (χ0v) is 14.7. The minimum absolute atomic E-state index is 0.0668. The molecule has 3 saturated carbocycles. The molecule has 0 aromatic rings. The van der Waals surface area contributed by atoms with E-state index < -0.39 is 0 Å². The van der Waals surface area contributed by atoms with Crippen molar-refractivity contribution < 1.29 is 14.3 Å². The highest BCUT2D eigenvalue weighted by Gasteiger charge is 2.77. The molecule has 0 N–H and O–H groups in total. The Kier molecular flexibility index (Phi) is 2.53. The summed E-state index contributed by atoms with van der Waals surface area (Å²) in [6.07, 6.45) is 14.3. The number of fused-ring (bicyclic) bond motifs is 8. The highest BCUT2D eigenvalue weighted by atomic mass is 16.6. The lowest BCUT2D eigenvalue weighted by Crippen LogP contribution is -2.53. The predicted octanol–water partition coefficient (Wildman–Crippen LogP) is 3.76. The summed E-state index contributed by atoms with van der Waals surface area (Å²) in [6, 6.07) is 0. The van der Waals surface area contributed by atoms with Gasteiger partial charge in [0, 0.05) is 30.3 Å². The highest BCUT2D eigenvalue weighted by Crippen LogP contribution is 2.77. The van der Waals surface area contributed by atoms with Crippen LogP contribution < -0.4 is 0 Å². The summed E-state index contributed by atoms with van der Waals surface area (Å²) in [6.45, 7) is 2.38. The Morgan fingerprint density at radius 2 is 2.08 bits per heavy atom. The molecule has 0 saturated heterocycles. The van der Waals surface area contributed by atoms with E-state index in [1.165, 1.54) is 18.4 Å². The molecular weight excluding hydrogens is 312 g/mol. The van der Waals surface area contributed by atoms with Crippen LogP contribution in [0, 0.1) is 35.0 Å². The second kappa shape index (κ2) is 4.36. The van der Waals surface area contributed by atoms with Crippen LogP contribution in [0.5, 0.6) is 0 Å². The fourth-order valence-electron chi connectivity index (χ4n) is 7.49. The van der Waals surface area contributed by atoms with Crippen molar-refractivity contribution in [3.63, 3.8) is 0 Å². The van der Waals surface area contributed by atoms with Crippen LogP contribution in [0.3, 0.4) is 0 Å². The lowest BCUT2D eigenvalue weighted by Gasteiger charge is -2.54. The van der Waals surface area contributed by atoms with Gasteiger partial charge in [-0.3, -0.25) is 4.79 Å². The average Bonchev–Trinajstić information content (AvgIpc) is 3.23. The Balaban J connectivity index is 1.41. The topological polar surface area (TPSA) is 43.4 Å². The van der Waals surface area contributed by atoms with Crippen molar-refractivity contribution in [3.8, 4) is 0 Å². The summed E-state index contributed by atoms with van der Waals surface area (Å²) in [4.78, 5) is 23.8. The van der Waals surface area contributed by atoms with Gasteiger partial charge in [-0.2, -0.15) is 0 Å². The van der Waals surface area contributed by atoms with Crippen LogP contribution in [0.4, 0.5) is 0 Å². The predicted molar refractivity (Wildman–Crippen MR) is 92.4 cm³/mol. The number of rotatable bonds is 0. The van der Waals surface area contributed by atoms with Gasteiger partial charge < -0.3 is 4.74 Å². The third-order valence-electron chi connectivity index (χ3n) is 8.51. The first-order chi connectivity index (χ1) is 12.0. The first kappa shape index (κ1) is 14.5. The Hall–Kier alpha value is -1.64. The standard InChI is InChI=1S/C22H24O3/c1-21-8-6-15-14-5-3-13(23)10-12(14)2-4-16(15)20(21)17-11-18(17)22(21)9-7-19(24)25-22/h2,4,7,9,15-18,20H,3,5-6,8,10-11H2,1H3/t15-,16-,17-,18+,20-,21+,22+/m1/s1. The summed E-state index contributed by atoms with van der Waals surface area (Å²) in [5.41, 5.74) is 2.62. The molecule has 3 fully saturated rings. The van der Waals surface area contributed by atoms with Gasteiger partial charge in [0.1, 0.15) is 11.4 Å². The van der Waals surface area contributed by atoms with Gasteiger partial charge in [-0.15, -0.1) is 0 Å². The minimum Gasteiger partial charge on any atom is -0.451 e. The molecule has 0 amide bonds. The van der Waals surface area contributed by atoms with Crippen molar-refractivity contribution in [2.24, 2.45) is 35.0 Å². The summed E-state index contributed by atoms with van der Waals surface area (Å²) in [7, 11) is 0. The van der Waals surface area contributed by atoms with Gasteiger partial charge in [-0.05, 0) is 61.0 Å². The highest BCUT2D eigenvalue weighted by molar-refractivity contribution is 5.86. The van der Waals surface area contributed by atoms with Gasteiger partial charge >= 0.3 is 5.97 Å². The molecular formula is C22H24O3. The molecule has 6 rings (SSSR count). The molecule has 0 aromatic heterocycles. The van der Waals surface area contributed by atoms with Crippen LogP contribution in [0.1, 0.15) is 45.4 Å². The molecule has 130 valence electrons. The molecule has 5 aliphatic carbocycles. The smallest absolute Gasteiger partial charge is 0.331 e. The van der Waals surface area contributed by atoms with E-state index in [1.54, 1.807) is 11.6 Å². The Labute approximate surface area is 148 Å². The quantitative estimate of drug-likeness (QED) is 0.633. The van der Waals surface area contributed by atoms with E-state index in [0.29, 0.717) is 41.8 Å². The van der Waals surface area contributed by atoms with Gasteiger partial charge in [0.05, 0.1) is 0 Å². The van der Waals surface area contributed by atoms with Gasteiger partial charge in [-0.25, -0.2) is 4.79 Å². The van der Waals surface area contributed by atoms with E-state index in [2.05, 4.69) is 25.2 Å². The monoisotopic (exact) mass is 336 g/mol. The average molecular weight is 336 g/mol. The fraction of sp³-hybridized carbons (Fsp3) is 0.636. The molecule has 3 nitrogen and oxygen atoms in total. The number of hydrogen-bond donors (Lipinski definition) is 0. The first-order valence-electron chi connectivity index (χ1n) is 9.87. The molecule has 1 aliphatic heterocycles. The Morgan fingerprint density at radius 3 is 2.88 bits per heavy atom. The SMILES string of the molecule is C[C@]12CC[C@@H]3C4=C(C=C[C@H]3[C@@H]1[C@@H]1C[C@@H]1[C@@]21C=CC(=O)O1)CC(=O)CC4. The largest absolute Gasteiger partial charge is 0.451 e. The van der Waals surface area contributed by atoms with Crippen LogP contribution in [0.15, 0.2) is 35.5 Å². The summed E-state index contributed by atoms with van der Waals surface area (Å²) < 4.78 is 6.01. The summed E-state index contributed by atoms with van der Waals surface area (Å²) in [5, 5.41) is 0. The Bertz CT molecular complexity index is 802. The number of ketones is 1. The molecule has 1 spiro atoms. The third-order valence-corrected chi connectivity index (χ3v) is 8.51. The first-order valence-corrected chi connectivity index (χ1v) is 9.87. The van der Waals surface area contributed by atoms with E-state index >= 15 is 0 Å². The van der Waals surface area contributed by atoms with Crippen LogP contribution in [-0.2, 0) is 14.3 Å². The molecule has 1 heterocycles. The maximum Gasteiger partial charge on any atom is 0.331 e. The van der Waals surface area contributed by atoms with Crippen LogP contribution >= 0.6 is 0 Å². The zero-order valence-electron chi connectivity index (χ0n) is 14.7. The number of carbonyl (C=O) groups is 2. The number of Topliss-reactive ketones (excluding diaryl/α,β-unsaturated/α-hetero) is 1. The van der Waals surface area contributed by atoms with Crippen molar-refractivity contribution in [1.29, 1.82) is 0 Å². The number of hydrogen-bond acceptors (Lipinski definition) is 3. The van der Waals surface area contributed by atoms with E-state index in [1.807, 2.05) is 0 Å². The fourth-order valence-corrected chi connectivity index (χ4v) is 7.49. The molecule has 0 radical (unpaired) electrons. The van der Waals surface area contributed by atoms with Crippen LogP contribution in [0.2, 0.25) is 0 Å². The lowest BCUT2D eigenvalue weighted by atomic mass is 9.52. The van der Waals surface area contributed by atoms with Gasteiger partial charge in [0.25, 0.3) is 0 Å². The maximum atomic E-state index is 11.9. The normalized spacial score (nSPS) is 52.0. The number of carbonyl (C=O) groups excluding carboxylic acids is 2. The van der Waals surface area contributed by atoms with Crippen molar-refractivity contribution >= 4 is 11.8 Å². The van der Waals surface area contributed by atoms with Gasteiger partial charge in [0.15, 0.2) is 0 Å². The van der Waals surface area contributed by atoms with Gasteiger partial charge in [0.2, 0.25) is 0 Å². The summed E-state index contributed by atoms with van der Waals surface area (Å²) >= 11 is 0. The summed E-state index contributed by atoms with van der Waals surface area (Å²) in [5.74, 6) is 3.26. The lowest BCUT2D eigenvalue weighted by molar-refractivity contribution is -0.164. The van der Waals surface area contributed by atoms with Crippen molar-refractivity contribution in [2.75, 3.05) is 0 Å². The third kappa shape index (κ3) is 1.59. The van der Waals surface area contributed by atoms with Crippen molar-refractivity contribution in [2.45, 2.75) is 51.0 Å². The molecule has 3 heteroatoms. The number of esters is 1. The van der Waals surface area contributed by atoms with Crippen LogP contribution in [-0.4, -0.2) is 17.4 Å². The molecule has 25 heavy (non-hydrogen) atoms. The molecule has 0 aromatic carbocycles. The second-order valence-corrected chi connectivity index (χ2v) is 9.34. The van der Waals surface area contributed by atoms with Crippen molar-refractivity contribution in [3.05, 3.63) is 35.5 Å². The number of ether oxygens (including phenoxy) is 1.